The number of benzene rings is 2. The zero-order chi connectivity index (χ0) is 28.4. The number of pyridine rings is 1. The summed E-state index contributed by atoms with van der Waals surface area (Å²) in [5, 5.41) is 3.79. The predicted molar refractivity (Wildman–Crippen MR) is 155 cm³/mol. The second kappa shape index (κ2) is 11.9. The topological polar surface area (TPSA) is 108 Å². The van der Waals surface area contributed by atoms with Crippen LogP contribution in [0.3, 0.4) is 0 Å². The van der Waals surface area contributed by atoms with Crippen molar-refractivity contribution in [2.45, 2.75) is 56.3 Å². The van der Waals surface area contributed by atoms with Crippen LogP contribution >= 0.6 is 23.2 Å². The first-order chi connectivity index (χ1) is 19.1. The van der Waals surface area contributed by atoms with Crippen molar-refractivity contribution in [3.8, 4) is 0 Å². The van der Waals surface area contributed by atoms with E-state index in [1.165, 1.54) is 0 Å². The van der Waals surface area contributed by atoms with Gasteiger partial charge in [-0.05, 0) is 59.9 Å². The van der Waals surface area contributed by atoms with Crippen LogP contribution in [0.4, 0.5) is 0 Å². The second-order valence-corrected chi connectivity index (χ2v) is 12.9. The Kier molecular flexibility index (Phi) is 8.47. The van der Waals surface area contributed by atoms with Gasteiger partial charge in [0.2, 0.25) is 15.9 Å². The van der Waals surface area contributed by atoms with Gasteiger partial charge < -0.3 is 10.2 Å². The number of halogens is 2. The first-order valence-electron chi connectivity index (χ1n) is 13.1. The summed E-state index contributed by atoms with van der Waals surface area (Å²) in [5.41, 5.74) is 2.46. The number of hydrogen-bond donors (Lipinski definition) is 2. The van der Waals surface area contributed by atoms with Gasteiger partial charge in [0.1, 0.15) is 0 Å². The Bertz CT molecular complexity index is 1520. The molecular formula is C29H30Cl2N4O4S. The third-order valence-corrected chi connectivity index (χ3v) is 8.90. The van der Waals surface area contributed by atoms with Crippen LogP contribution in [-0.4, -0.2) is 48.5 Å². The highest BCUT2D eigenvalue weighted by atomic mass is 35.5. The Morgan fingerprint density at radius 3 is 2.48 bits per heavy atom. The number of hydrogen-bond acceptors (Lipinski definition) is 5. The van der Waals surface area contributed by atoms with E-state index in [9.17, 15) is 18.0 Å². The van der Waals surface area contributed by atoms with Crippen LogP contribution in [-0.2, 0) is 21.4 Å². The lowest BCUT2D eigenvalue weighted by Gasteiger charge is -2.49. The van der Waals surface area contributed by atoms with Crippen LogP contribution in [0.15, 0.2) is 67.0 Å². The number of carbonyl (C=O) groups excluding carboxylic acids is 2. The molecule has 1 aromatic heterocycles. The maximum atomic E-state index is 14.3. The lowest BCUT2D eigenvalue weighted by atomic mass is 9.76. The molecule has 5 rings (SSSR count). The van der Waals surface area contributed by atoms with Crippen LogP contribution in [0.1, 0.15) is 64.7 Å². The van der Waals surface area contributed by atoms with E-state index in [-0.39, 0.29) is 18.4 Å². The van der Waals surface area contributed by atoms with E-state index < -0.39 is 34.1 Å². The Morgan fingerprint density at radius 2 is 1.75 bits per heavy atom. The number of fused-ring (bicyclic) bond motifs is 1. The quantitative estimate of drug-likeness (QED) is 0.403. The summed E-state index contributed by atoms with van der Waals surface area (Å²) in [7, 11) is -3.55. The molecule has 0 radical (unpaired) electrons. The maximum absolute atomic E-state index is 14.3. The monoisotopic (exact) mass is 600 g/mol. The van der Waals surface area contributed by atoms with Gasteiger partial charge in [-0.1, -0.05) is 60.3 Å². The Balaban J connectivity index is 1.65. The van der Waals surface area contributed by atoms with Gasteiger partial charge in [-0.3, -0.25) is 14.6 Å². The molecule has 4 atom stereocenters. The molecule has 2 aromatic carbocycles. The maximum Gasteiger partial charge on any atom is 0.255 e. The summed E-state index contributed by atoms with van der Waals surface area (Å²) in [6.45, 7) is 0.275. The van der Waals surface area contributed by atoms with Crippen LogP contribution in [0.5, 0.6) is 0 Å². The molecule has 3 aromatic rings. The van der Waals surface area contributed by atoms with Crippen LogP contribution in [0, 0.1) is 0 Å². The third-order valence-electron chi connectivity index (χ3n) is 7.61. The van der Waals surface area contributed by atoms with E-state index in [0.717, 1.165) is 24.7 Å². The number of sulfonamides is 1. The van der Waals surface area contributed by atoms with Gasteiger partial charge in [-0.15, -0.1) is 0 Å². The molecule has 11 heteroatoms. The van der Waals surface area contributed by atoms with Gasteiger partial charge >= 0.3 is 0 Å². The van der Waals surface area contributed by atoms with Gasteiger partial charge in [0, 0.05) is 46.6 Å². The third kappa shape index (κ3) is 6.02. The van der Waals surface area contributed by atoms with Crippen molar-refractivity contribution < 1.29 is 18.0 Å². The summed E-state index contributed by atoms with van der Waals surface area (Å²) >= 11 is 13.0. The molecule has 0 saturated heterocycles. The summed E-state index contributed by atoms with van der Waals surface area (Å²) in [6, 6.07) is 14.0. The SMILES string of the molecule is CS(=O)(=O)N[C@H]1CCCCC1N1C(=O)c2ccccc2[C@@H](C(=O)NCc2ccncc2)[C@@H]1c1ccc(Cl)cc1Cl. The normalized spacial score (nSPS) is 23.0. The number of carbonyl (C=O) groups is 2. The summed E-state index contributed by atoms with van der Waals surface area (Å²) in [4.78, 5) is 34.1. The van der Waals surface area contributed by atoms with Crippen molar-refractivity contribution in [3.05, 3.63) is 99.3 Å². The molecule has 1 unspecified atom stereocenters. The van der Waals surface area contributed by atoms with Gasteiger partial charge in [-0.2, -0.15) is 0 Å². The number of nitrogens with zero attached hydrogens (tertiary/aromatic N) is 2. The van der Waals surface area contributed by atoms with E-state index in [2.05, 4.69) is 15.0 Å². The molecule has 1 saturated carbocycles. The van der Waals surface area contributed by atoms with Crippen molar-refractivity contribution in [3.63, 3.8) is 0 Å². The predicted octanol–water partition coefficient (Wildman–Crippen LogP) is 4.85. The summed E-state index contributed by atoms with van der Waals surface area (Å²) in [6.07, 6.45) is 7.23. The lowest BCUT2D eigenvalue weighted by Crippen LogP contribution is -2.59. The average molecular weight is 602 g/mol. The van der Waals surface area contributed by atoms with Crippen molar-refractivity contribution in [1.82, 2.24) is 19.9 Å². The minimum absolute atomic E-state index is 0.267. The van der Waals surface area contributed by atoms with Crippen molar-refractivity contribution in [1.29, 1.82) is 0 Å². The first kappa shape index (κ1) is 28.5. The molecule has 2 amide bonds. The number of amides is 2. The van der Waals surface area contributed by atoms with E-state index in [1.54, 1.807) is 59.8 Å². The molecular weight excluding hydrogens is 571 g/mol. The number of rotatable bonds is 7. The summed E-state index contributed by atoms with van der Waals surface area (Å²) in [5.74, 6) is -1.35. The summed E-state index contributed by atoms with van der Waals surface area (Å²) < 4.78 is 27.4. The highest BCUT2D eigenvalue weighted by molar-refractivity contribution is 7.88. The van der Waals surface area contributed by atoms with Gasteiger partial charge in [-0.25, -0.2) is 13.1 Å². The molecule has 2 N–H and O–H groups in total. The zero-order valence-corrected chi connectivity index (χ0v) is 24.2. The Hall–Kier alpha value is -2.98. The smallest absolute Gasteiger partial charge is 0.255 e. The molecule has 1 aliphatic heterocycles. The van der Waals surface area contributed by atoms with Gasteiger partial charge in [0.05, 0.1) is 18.2 Å². The second-order valence-electron chi connectivity index (χ2n) is 10.3. The van der Waals surface area contributed by atoms with E-state index in [0.29, 0.717) is 39.6 Å². The van der Waals surface area contributed by atoms with Crippen molar-refractivity contribution in [2.75, 3.05) is 6.26 Å². The van der Waals surface area contributed by atoms with Gasteiger partial charge in [0.25, 0.3) is 5.91 Å². The highest BCUT2D eigenvalue weighted by Crippen LogP contribution is 2.47. The van der Waals surface area contributed by atoms with Crippen LogP contribution < -0.4 is 10.0 Å². The molecule has 8 nitrogen and oxygen atoms in total. The van der Waals surface area contributed by atoms with E-state index >= 15 is 0 Å². The zero-order valence-electron chi connectivity index (χ0n) is 21.9. The van der Waals surface area contributed by atoms with E-state index in [4.69, 9.17) is 23.2 Å². The minimum Gasteiger partial charge on any atom is -0.351 e. The molecule has 0 spiro atoms. The minimum atomic E-state index is -3.55. The van der Waals surface area contributed by atoms with E-state index in [1.807, 2.05) is 12.1 Å². The number of nitrogens with one attached hydrogen (secondary N) is 2. The fourth-order valence-electron chi connectivity index (χ4n) is 5.93. The molecule has 1 fully saturated rings. The van der Waals surface area contributed by atoms with Crippen LogP contribution in [0.2, 0.25) is 10.0 Å². The fourth-order valence-corrected chi connectivity index (χ4v) is 7.27. The first-order valence-corrected chi connectivity index (χ1v) is 15.8. The average Bonchev–Trinajstić information content (AvgIpc) is 2.92. The highest BCUT2D eigenvalue weighted by Gasteiger charge is 2.49. The molecule has 1 aliphatic carbocycles. The largest absolute Gasteiger partial charge is 0.351 e. The number of aromatic nitrogens is 1. The van der Waals surface area contributed by atoms with Crippen LogP contribution in [0.25, 0.3) is 0 Å². The fraction of sp³-hybridized carbons (Fsp3) is 0.345. The Labute approximate surface area is 244 Å². The van der Waals surface area contributed by atoms with Crippen molar-refractivity contribution >= 4 is 45.0 Å². The Morgan fingerprint density at radius 1 is 1.02 bits per heavy atom. The molecule has 2 heterocycles. The standard InChI is InChI=1S/C29H30Cl2N4O4S/c1-40(38,39)34-24-8-4-5-9-25(24)35-27(22-11-10-19(30)16-23(22)31)26(20-6-2-3-7-21(20)29(35)37)28(36)33-17-18-12-14-32-15-13-18/h2-3,6-7,10-16,24-27,34H,4-5,8-9,17H2,1H3,(H,33,36)/t24-,25?,26+,27-/m0/s1. The lowest BCUT2D eigenvalue weighted by molar-refractivity contribution is -0.124. The molecule has 0 bridgehead atoms. The van der Waals surface area contributed by atoms with Crippen molar-refractivity contribution in [2.24, 2.45) is 0 Å². The molecule has 2 aliphatic rings. The molecule has 210 valence electrons. The molecule has 40 heavy (non-hydrogen) atoms. The van der Waals surface area contributed by atoms with Gasteiger partial charge in [0.15, 0.2) is 0 Å².